The molecular formula is C15H19ClN4O. The molecule has 1 aromatic heterocycles. The summed E-state index contributed by atoms with van der Waals surface area (Å²) in [4.78, 5) is 16.7. The normalized spacial score (nSPS) is 12.4. The van der Waals surface area contributed by atoms with Gasteiger partial charge in [-0.05, 0) is 25.1 Å². The standard InChI is InChI=1S/C15H19ClN4O/c1-9(2)14-18-6-7-20(14)10(3)15(21)19-13-5-4-11(16)8-12(13)17/h4-10H,17H2,1-3H3,(H,19,21). The van der Waals surface area contributed by atoms with Gasteiger partial charge in [-0.2, -0.15) is 0 Å². The molecule has 6 heteroatoms. The van der Waals surface area contributed by atoms with Gasteiger partial charge in [0.2, 0.25) is 5.91 Å². The number of carbonyl (C=O) groups is 1. The van der Waals surface area contributed by atoms with Crippen molar-refractivity contribution in [3.8, 4) is 0 Å². The number of benzene rings is 1. The third-order valence-electron chi connectivity index (χ3n) is 3.28. The van der Waals surface area contributed by atoms with Crippen LogP contribution in [-0.2, 0) is 4.79 Å². The molecule has 0 radical (unpaired) electrons. The number of nitrogen functional groups attached to an aromatic ring is 1. The maximum Gasteiger partial charge on any atom is 0.247 e. The average Bonchev–Trinajstić information content (AvgIpc) is 2.90. The van der Waals surface area contributed by atoms with E-state index in [1.165, 1.54) is 0 Å². The van der Waals surface area contributed by atoms with Gasteiger partial charge in [-0.1, -0.05) is 25.4 Å². The van der Waals surface area contributed by atoms with Crippen LogP contribution in [0.4, 0.5) is 11.4 Å². The lowest BCUT2D eigenvalue weighted by Crippen LogP contribution is -2.25. The Balaban J connectivity index is 2.18. The fourth-order valence-corrected chi connectivity index (χ4v) is 2.29. The number of hydrogen-bond acceptors (Lipinski definition) is 3. The Hall–Kier alpha value is -2.01. The first-order valence-corrected chi connectivity index (χ1v) is 7.16. The van der Waals surface area contributed by atoms with E-state index >= 15 is 0 Å². The number of imidazole rings is 1. The van der Waals surface area contributed by atoms with Crippen LogP contribution in [-0.4, -0.2) is 15.5 Å². The van der Waals surface area contributed by atoms with E-state index in [1.54, 1.807) is 24.4 Å². The average molecular weight is 307 g/mol. The summed E-state index contributed by atoms with van der Waals surface area (Å²) in [5, 5.41) is 3.36. The number of carbonyl (C=O) groups excluding carboxylic acids is 1. The van der Waals surface area contributed by atoms with Gasteiger partial charge in [-0.25, -0.2) is 4.98 Å². The number of nitrogens with one attached hydrogen (secondary N) is 1. The van der Waals surface area contributed by atoms with Crippen LogP contribution >= 0.6 is 11.6 Å². The van der Waals surface area contributed by atoms with Gasteiger partial charge in [0.1, 0.15) is 11.9 Å². The van der Waals surface area contributed by atoms with E-state index in [1.807, 2.05) is 31.5 Å². The highest BCUT2D eigenvalue weighted by Gasteiger charge is 2.19. The number of nitrogens with zero attached hydrogens (tertiary/aromatic N) is 2. The highest BCUT2D eigenvalue weighted by Crippen LogP contribution is 2.24. The van der Waals surface area contributed by atoms with Crippen LogP contribution in [0.25, 0.3) is 0 Å². The van der Waals surface area contributed by atoms with Crippen LogP contribution in [0.2, 0.25) is 5.02 Å². The summed E-state index contributed by atoms with van der Waals surface area (Å²) in [6.45, 7) is 5.91. The number of halogens is 1. The van der Waals surface area contributed by atoms with Crippen molar-refractivity contribution >= 4 is 28.9 Å². The van der Waals surface area contributed by atoms with Crippen molar-refractivity contribution in [2.45, 2.75) is 32.7 Å². The zero-order valence-corrected chi connectivity index (χ0v) is 13.1. The summed E-state index contributed by atoms with van der Waals surface area (Å²) in [6.07, 6.45) is 3.51. The van der Waals surface area contributed by atoms with E-state index in [2.05, 4.69) is 10.3 Å². The fraction of sp³-hybridized carbons (Fsp3) is 0.333. The van der Waals surface area contributed by atoms with Gasteiger partial charge < -0.3 is 15.6 Å². The van der Waals surface area contributed by atoms with Crippen LogP contribution in [0.15, 0.2) is 30.6 Å². The van der Waals surface area contributed by atoms with Gasteiger partial charge in [-0.15, -0.1) is 0 Å². The number of anilines is 2. The maximum atomic E-state index is 12.4. The molecule has 1 amide bonds. The van der Waals surface area contributed by atoms with Gasteiger partial charge in [-0.3, -0.25) is 4.79 Å². The first-order valence-electron chi connectivity index (χ1n) is 6.78. The summed E-state index contributed by atoms with van der Waals surface area (Å²) in [5.74, 6) is 0.974. The molecule has 0 saturated carbocycles. The smallest absolute Gasteiger partial charge is 0.247 e. The molecule has 1 aromatic carbocycles. The molecule has 1 atom stereocenters. The number of hydrogen-bond donors (Lipinski definition) is 2. The van der Waals surface area contributed by atoms with Gasteiger partial charge in [0, 0.05) is 23.3 Å². The van der Waals surface area contributed by atoms with E-state index in [4.69, 9.17) is 17.3 Å². The first kappa shape index (κ1) is 15.4. The van der Waals surface area contributed by atoms with Crippen LogP contribution in [0.5, 0.6) is 0 Å². The van der Waals surface area contributed by atoms with Crippen molar-refractivity contribution in [3.63, 3.8) is 0 Å². The van der Waals surface area contributed by atoms with E-state index in [0.29, 0.717) is 16.4 Å². The monoisotopic (exact) mass is 306 g/mol. The van der Waals surface area contributed by atoms with Gasteiger partial charge >= 0.3 is 0 Å². The van der Waals surface area contributed by atoms with Crippen LogP contribution in [0.3, 0.4) is 0 Å². The van der Waals surface area contributed by atoms with E-state index in [0.717, 1.165) is 5.82 Å². The molecule has 0 aliphatic rings. The Morgan fingerprint density at radius 1 is 1.38 bits per heavy atom. The Labute approximate surface area is 129 Å². The molecule has 0 aliphatic carbocycles. The summed E-state index contributed by atoms with van der Waals surface area (Å²) in [5.41, 5.74) is 6.85. The second-order valence-electron chi connectivity index (χ2n) is 5.24. The Kier molecular flexibility index (Phi) is 4.53. The van der Waals surface area contributed by atoms with E-state index < -0.39 is 0 Å². The van der Waals surface area contributed by atoms with Crippen molar-refractivity contribution in [3.05, 3.63) is 41.4 Å². The minimum atomic E-state index is -0.375. The summed E-state index contributed by atoms with van der Waals surface area (Å²) in [6, 6.07) is 4.62. The molecular weight excluding hydrogens is 288 g/mol. The predicted octanol–water partition coefficient (Wildman–Crippen LogP) is 3.44. The summed E-state index contributed by atoms with van der Waals surface area (Å²) in [7, 11) is 0. The van der Waals surface area contributed by atoms with Crippen molar-refractivity contribution in [1.82, 2.24) is 9.55 Å². The number of amides is 1. The summed E-state index contributed by atoms with van der Waals surface area (Å²) >= 11 is 5.85. The van der Waals surface area contributed by atoms with Crippen molar-refractivity contribution in [1.29, 1.82) is 0 Å². The van der Waals surface area contributed by atoms with Crippen LogP contribution in [0.1, 0.15) is 38.6 Å². The maximum absolute atomic E-state index is 12.4. The molecule has 0 spiro atoms. The van der Waals surface area contributed by atoms with E-state index in [9.17, 15) is 4.79 Å². The minimum Gasteiger partial charge on any atom is -0.397 e. The lowest BCUT2D eigenvalue weighted by molar-refractivity contribution is -0.118. The Morgan fingerprint density at radius 2 is 2.10 bits per heavy atom. The van der Waals surface area contributed by atoms with Crippen molar-refractivity contribution in [2.24, 2.45) is 0 Å². The second-order valence-corrected chi connectivity index (χ2v) is 5.68. The highest BCUT2D eigenvalue weighted by atomic mass is 35.5. The van der Waals surface area contributed by atoms with Gasteiger partial charge in [0.05, 0.1) is 11.4 Å². The lowest BCUT2D eigenvalue weighted by Gasteiger charge is -2.18. The second kappa shape index (κ2) is 6.18. The fourth-order valence-electron chi connectivity index (χ4n) is 2.11. The molecule has 0 bridgehead atoms. The third-order valence-corrected chi connectivity index (χ3v) is 3.52. The Bertz CT molecular complexity index is 651. The topological polar surface area (TPSA) is 72.9 Å². The van der Waals surface area contributed by atoms with Crippen LogP contribution < -0.4 is 11.1 Å². The highest BCUT2D eigenvalue weighted by molar-refractivity contribution is 6.31. The minimum absolute atomic E-state index is 0.149. The number of nitrogens with two attached hydrogens (primary N) is 1. The van der Waals surface area contributed by atoms with E-state index in [-0.39, 0.29) is 17.9 Å². The number of rotatable bonds is 4. The molecule has 1 unspecified atom stereocenters. The zero-order chi connectivity index (χ0) is 15.6. The molecule has 2 rings (SSSR count). The van der Waals surface area contributed by atoms with Gasteiger partial charge in [0.15, 0.2) is 0 Å². The summed E-state index contributed by atoms with van der Waals surface area (Å²) < 4.78 is 1.87. The largest absolute Gasteiger partial charge is 0.397 e. The third kappa shape index (κ3) is 3.36. The zero-order valence-electron chi connectivity index (χ0n) is 12.3. The molecule has 112 valence electrons. The molecule has 21 heavy (non-hydrogen) atoms. The SMILES string of the molecule is CC(C)c1nccn1C(C)C(=O)Nc1ccc(Cl)cc1N. The quantitative estimate of drug-likeness (QED) is 0.850. The van der Waals surface area contributed by atoms with Gasteiger partial charge in [0.25, 0.3) is 0 Å². The number of aromatic nitrogens is 2. The molecule has 1 heterocycles. The molecule has 0 saturated heterocycles. The van der Waals surface area contributed by atoms with Crippen molar-refractivity contribution < 1.29 is 4.79 Å². The van der Waals surface area contributed by atoms with Crippen LogP contribution in [0, 0.1) is 0 Å². The lowest BCUT2D eigenvalue weighted by atomic mass is 10.2. The molecule has 3 N–H and O–H groups in total. The molecule has 0 aliphatic heterocycles. The first-order chi connectivity index (χ1) is 9.90. The molecule has 2 aromatic rings. The Morgan fingerprint density at radius 3 is 2.71 bits per heavy atom. The predicted molar refractivity (Wildman–Crippen MR) is 85.5 cm³/mol. The van der Waals surface area contributed by atoms with Crippen molar-refractivity contribution in [2.75, 3.05) is 11.1 Å². The molecule has 0 fully saturated rings. The molecule has 5 nitrogen and oxygen atoms in total.